The lowest BCUT2D eigenvalue weighted by Gasteiger charge is -2.16. The molecule has 0 heterocycles. The Kier molecular flexibility index (Phi) is 5.96. The van der Waals surface area contributed by atoms with Crippen LogP contribution in [0.4, 0.5) is 4.39 Å². The van der Waals surface area contributed by atoms with Gasteiger partial charge in [0, 0.05) is 32.0 Å². The van der Waals surface area contributed by atoms with Gasteiger partial charge in [0.1, 0.15) is 5.82 Å². The summed E-state index contributed by atoms with van der Waals surface area (Å²) in [6.45, 7) is 6.05. The molecule has 0 atom stereocenters. The van der Waals surface area contributed by atoms with E-state index in [-0.39, 0.29) is 17.1 Å². The third-order valence-corrected chi connectivity index (χ3v) is 3.97. The van der Waals surface area contributed by atoms with Gasteiger partial charge in [-0.2, -0.15) is 0 Å². The Morgan fingerprint density at radius 1 is 1.26 bits per heavy atom. The maximum Gasteiger partial charge on any atom is 0.216 e. The highest BCUT2D eigenvalue weighted by molar-refractivity contribution is 5.80. The largest absolute Gasteiger partial charge is 0.357 e. The molecule has 1 aliphatic carbocycles. The molecule has 1 aliphatic rings. The number of carbonyl (C=O) groups excluding carboxylic acids is 1. The van der Waals surface area contributed by atoms with Crippen LogP contribution in [0.1, 0.15) is 32.3 Å². The molecule has 126 valence electrons. The first-order valence-electron chi connectivity index (χ1n) is 8.08. The molecule has 0 saturated heterocycles. The van der Waals surface area contributed by atoms with Gasteiger partial charge in [-0.3, -0.25) is 9.79 Å². The van der Waals surface area contributed by atoms with E-state index in [0.717, 1.165) is 30.9 Å². The number of guanidine groups is 1. The standard InChI is InChI=1S/C17H25FN4O/c1-3-19-16(21-10-9-20-13(2)23)22-12-17(7-8-17)14-5-4-6-15(18)11-14/h4-6,11H,3,7-10,12H2,1-2H3,(H,20,23)(H2,19,21,22). The fraction of sp³-hybridized carbons (Fsp3) is 0.529. The van der Waals surface area contributed by atoms with Crippen molar-refractivity contribution in [2.45, 2.75) is 32.1 Å². The minimum atomic E-state index is -0.196. The van der Waals surface area contributed by atoms with E-state index in [1.807, 2.05) is 13.0 Å². The van der Waals surface area contributed by atoms with Crippen molar-refractivity contribution in [1.82, 2.24) is 16.0 Å². The number of aliphatic imine (C=N–C) groups is 1. The number of amides is 1. The molecule has 2 rings (SSSR count). The van der Waals surface area contributed by atoms with Crippen LogP contribution in [-0.2, 0) is 10.2 Å². The van der Waals surface area contributed by atoms with Crippen molar-refractivity contribution in [3.05, 3.63) is 35.6 Å². The molecule has 0 spiro atoms. The first kappa shape index (κ1) is 17.2. The van der Waals surface area contributed by atoms with Gasteiger partial charge in [0.15, 0.2) is 5.96 Å². The quantitative estimate of drug-likeness (QED) is 0.406. The summed E-state index contributed by atoms with van der Waals surface area (Å²) in [4.78, 5) is 15.5. The third-order valence-electron chi connectivity index (χ3n) is 3.97. The van der Waals surface area contributed by atoms with Crippen molar-refractivity contribution in [1.29, 1.82) is 0 Å². The number of carbonyl (C=O) groups is 1. The topological polar surface area (TPSA) is 65.5 Å². The molecule has 0 radical (unpaired) electrons. The van der Waals surface area contributed by atoms with E-state index >= 15 is 0 Å². The van der Waals surface area contributed by atoms with Gasteiger partial charge in [0.05, 0.1) is 6.54 Å². The molecule has 0 aliphatic heterocycles. The Hall–Kier alpha value is -2.11. The van der Waals surface area contributed by atoms with Crippen molar-refractivity contribution < 1.29 is 9.18 Å². The molecule has 3 N–H and O–H groups in total. The van der Waals surface area contributed by atoms with Gasteiger partial charge in [0.25, 0.3) is 0 Å². The Bertz CT molecular complexity index is 569. The molecule has 23 heavy (non-hydrogen) atoms. The van der Waals surface area contributed by atoms with Gasteiger partial charge in [0.2, 0.25) is 5.91 Å². The molecule has 1 saturated carbocycles. The lowest BCUT2D eigenvalue weighted by molar-refractivity contribution is -0.118. The van der Waals surface area contributed by atoms with Gasteiger partial charge >= 0.3 is 0 Å². The van der Waals surface area contributed by atoms with E-state index in [9.17, 15) is 9.18 Å². The summed E-state index contributed by atoms with van der Waals surface area (Å²) < 4.78 is 13.4. The van der Waals surface area contributed by atoms with Crippen LogP contribution in [0.5, 0.6) is 0 Å². The number of nitrogens with zero attached hydrogens (tertiary/aromatic N) is 1. The predicted octanol–water partition coefficient (Wildman–Crippen LogP) is 1.55. The molecule has 1 fully saturated rings. The van der Waals surface area contributed by atoms with Crippen LogP contribution in [-0.4, -0.2) is 38.0 Å². The van der Waals surface area contributed by atoms with E-state index in [4.69, 9.17) is 0 Å². The molecule has 6 heteroatoms. The van der Waals surface area contributed by atoms with E-state index in [2.05, 4.69) is 20.9 Å². The summed E-state index contributed by atoms with van der Waals surface area (Å²) in [6.07, 6.45) is 2.07. The summed E-state index contributed by atoms with van der Waals surface area (Å²) in [6, 6.07) is 6.81. The monoisotopic (exact) mass is 320 g/mol. The van der Waals surface area contributed by atoms with Crippen LogP contribution in [0.3, 0.4) is 0 Å². The molecular formula is C17H25FN4O. The Morgan fingerprint density at radius 3 is 2.61 bits per heavy atom. The van der Waals surface area contributed by atoms with Crippen molar-refractivity contribution in [2.75, 3.05) is 26.2 Å². The van der Waals surface area contributed by atoms with Gasteiger partial charge in [-0.15, -0.1) is 0 Å². The first-order valence-corrected chi connectivity index (χ1v) is 8.08. The minimum Gasteiger partial charge on any atom is -0.357 e. The Labute approximate surface area is 136 Å². The second-order valence-corrected chi connectivity index (χ2v) is 5.90. The van der Waals surface area contributed by atoms with Crippen molar-refractivity contribution >= 4 is 11.9 Å². The fourth-order valence-electron chi connectivity index (χ4n) is 2.50. The van der Waals surface area contributed by atoms with Crippen molar-refractivity contribution in [3.63, 3.8) is 0 Å². The summed E-state index contributed by atoms with van der Waals surface area (Å²) in [5, 5.41) is 9.11. The van der Waals surface area contributed by atoms with E-state index in [1.165, 1.54) is 13.0 Å². The number of rotatable bonds is 7. The van der Waals surface area contributed by atoms with Gasteiger partial charge in [-0.25, -0.2) is 4.39 Å². The van der Waals surface area contributed by atoms with Crippen LogP contribution < -0.4 is 16.0 Å². The summed E-state index contributed by atoms with van der Waals surface area (Å²) in [7, 11) is 0. The molecule has 0 aromatic heterocycles. The molecule has 1 aromatic carbocycles. The summed E-state index contributed by atoms with van der Waals surface area (Å²) in [5.74, 6) is 0.482. The lowest BCUT2D eigenvalue weighted by Crippen LogP contribution is -2.41. The lowest BCUT2D eigenvalue weighted by atomic mass is 9.96. The average Bonchev–Trinajstić information content (AvgIpc) is 3.30. The van der Waals surface area contributed by atoms with Crippen LogP contribution in [0, 0.1) is 5.82 Å². The van der Waals surface area contributed by atoms with Crippen LogP contribution >= 0.6 is 0 Å². The normalized spacial score (nSPS) is 15.9. The predicted molar refractivity (Wildman–Crippen MR) is 90.0 cm³/mol. The second-order valence-electron chi connectivity index (χ2n) is 5.90. The van der Waals surface area contributed by atoms with E-state index in [0.29, 0.717) is 19.6 Å². The highest BCUT2D eigenvalue weighted by atomic mass is 19.1. The maximum absolute atomic E-state index is 13.4. The fourth-order valence-corrected chi connectivity index (χ4v) is 2.50. The van der Waals surface area contributed by atoms with E-state index < -0.39 is 0 Å². The van der Waals surface area contributed by atoms with Gasteiger partial charge in [-0.1, -0.05) is 12.1 Å². The molecule has 0 unspecified atom stereocenters. The number of nitrogens with one attached hydrogen (secondary N) is 3. The number of hydrogen-bond acceptors (Lipinski definition) is 2. The zero-order chi connectivity index (χ0) is 16.7. The smallest absolute Gasteiger partial charge is 0.216 e. The molecule has 1 aromatic rings. The summed E-state index contributed by atoms with van der Waals surface area (Å²) >= 11 is 0. The van der Waals surface area contributed by atoms with E-state index in [1.54, 1.807) is 12.1 Å². The van der Waals surface area contributed by atoms with Crippen LogP contribution in [0.2, 0.25) is 0 Å². The van der Waals surface area contributed by atoms with Crippen LogP contribution in [0.25, 0.3) is 0 Å². The zero-order valence-corrected chi connectivity index (χ0v) is 13.8. The highest BCUT2D eigenvalue weighted by Gasteiger charge is 2.44. The number of benzene rings is 1. The van der Waals surface area contributed by atoms with Gasteiger partial charge in [-0.05, 0) is 37.5 Å². The zero-order valence-electron chi connectivity index (χ0n) is 13.8. The first-order chi connectivity index (χ1) is 11.1. The maximum atomic E-state index is 13.4. The van der Waals surface area contributed by atoms with Crippen molar-refractivity contribution in [2.24, 2.45) is 4.99 Å². The second kappa shape index (κ2) is 7.94. The average molecular weight is 320 g/mol. The molecular weight excluding hydrogens is 295 g/mol. The highest BCUT2D eigenvalue weighted by Crippen LogP contribution is 2.48. The summed E-state index contributed by atoms with van der Waals surface area (Å²) in [5.41, 5.74) is 0.998. The SMILES string of the molecule is CCNC(=NCC1(c2cccc(F)c2)CC1)NCCNC(C)=O. The molecule has 1 amide bonds. The minimum absolute atomic E-state index is 0.0257. The number of halogens is 1. The Morgan fingerprint density at radius 2 is 2.00 bits per heavy atom. The van der Waals surface area contributed by atoms with Crippen molar-refractivity contribution in [3.8, 4) is 0 Å². The Balaban J connectivity index is 1.93. The number of hydrogen-bond donors (Lipinski definition) is 3. The van der Waals surface area contributed by atoms with Gasteiger partial charge < -0.3 is 16.0 Å². The molecule has 5 nitrogen and oxygen atoms in total. The third kappa shape index (κ3) is 5.23. The molecule has 0 bridgehead atoms. The van der Waals surface area contributed by atoms with Crippen LogP contribution in [0.15, 0.2) is 29.3 Å².